The number of aryl methyl sites for hydroxylation is 1. The van der Waals surface area contributed by atoms with E-state index in [1.807, 2.05) is 6.20 Å². The predicted molar refractivity (Wildman–Crippen MR) is 99.7 cm³/mol. The molecule has 1 aromatic heterocycles. The number of hydrogen-bond acceptors (Lipinski definition) is 2. The van der Waals surface area contributed by atoms with Crippen LogP contribution in [0.3, 0.4) is 0 Å². The average molecular weight is 329 g/mol. The fourth-order valence-electron chi connectivity index (χ4n) is 4.91. The van der Waals surface area contributed by atoms with Crippen LogP contribution in [0.25, 0.3) is 0 Å². The Morgan fingerprint density at radius 2 is 1.64 bits per heavy atom. The lowest BCUT2D eigenvalue weighted by Crippen LogP contribution is -2.37. The molecule has 0 amide bonds. The molecule has 3 aliphatic rings. The lowest BCUT2D eigenvalue weighted by atomic mass is 9.59. The van der Waals surface area contributed by atoms with E-state index in [2.05, 4.69) is 71.0 Å². The highest BCUT2D eigenvalue weighted by Crippen LogP contribution is 2.55. The van der Waals surface area contributed by atoms with E-state index in [1.165, 1.54) is 12.0 Å². The van der Waals surface area contributed by atoms with Crippen LogP contribution < -0.4 is 5.32 Å². The Morgan fingerprint density at radius 3 is 2.24 bits per heavy atom. The van der Waals surface area contributed by atoms with Gasteiger partial charge in [-0.2, -0.15) is 5.10 Å². The topological polar surface area (TPSA) is 40.7 Å². The molecule has 0 saturated carbocycles. The Labute approximate surface area is 148 Å². The van der Waals surface area contributed by atoms with E-state index in [4.69, 9.17) is 0 Å². The molecule has 0 fully saturated rings. The Kier molecular flexibility index (Phi) is 3.49. The van der Waals surface area contributed by atoms with Crippen LogP contribution in [0, 0.1) is 12.8 Å². The molecule has 2 aromatic carbocycles. The van der Waals surface area contributed by atoms with E-state index >= 15 is 0 Å². The fourth-order valence-corrected chi connectivity index (χ4v) is 4.91. The van der Waals surface area contributed by atoms with Crippen LogP contribution in [-0.2, 0) is 6.54 Å². The fraction of sp³-hybridized carbons (Fsp3) is 0.318. The van der Waals surface area contributed by atoms with Crippen molar-refractivity contribution in [1.29, 1.82) is 0 Å². The summed E-state index contributed by atoms with van der Waals surface area (Å²) in [6.07, 6.45) is 3.18. The highest BCUT2D eigenvalue weighted by atomic mass is 15.1. The van der Waals surface area contributed by atoms with Gasteiger partial charge >= 0.3 is 0 Å². The molecule has 0 aliphatic heterocycles. The molecule has 1 unspecified atom stereocenters. The van der Waals surface area contributed by atoms with Crippen LogP contribution >= 0.6 is 0 Å². The Hall–Kier alpha value is -2.39. The minimum absolute atomic E-state index is 0.523. The van der Waals surface area contributed by atoms with Gasteiger partial charge in [0.2, 0.25) is 0 Å². The van der Waals surface area contributed by atoms with Crippen molar-refractivity contribution in [3.05, 3.63) is 88.2 Å². The second-order valence-electron chi connectivity index (χ2n) is 7.44. The number of benzene rings is 2. The Balaban J connectivity index is 1.43. The maximum absolute atomic E-state index is 4.12. The summed E-state index contributed by atoms with van der Waals surface area (Å²) in [6, 6.07) is 18.1. The van der Waals surface area contributed by atoms with E-state index in [9.17, 15) is 0 Å². The first-order valence-corrected chi connectivity index (χ1v) is 9.20. The summed E-state index contributed by atoms with van der Waals surface area (Å²) in [5.74, 6) is 1.73. The molecular formula is C22H23N3. The zero-order valence-electron chi connectivity index (χ0n) is 14.5. The molecule has 2 N–H and O–H groups in total. The summed E-state index contributed by atoms with van der Waals surface area (Å²) in [5.41, 5.74) is 8.61. The molecule has 0 radical (unpaired) electrons. The number of hydrogen-bond donors (Lipinski definition) is 2. The quantitative estimate of drug-likeness (QED) is 0.756. The van der Waals surface area contributed by atoms with Crippen molar-refractivity contribution in [2.45, 2.75) is 31.7 Å². The minimum atomic E-state index is 0.523. The van der Waals surface area contributed by atoms with Crippen molar-refractivity contribution in [3.8, 4) is 0 Å². The summed E-state index contributed by atoms with van der Waals surface area (Å²) >= 11 is 0. The van der Waals surface area contributed by atoms with Gasteiger partial charge in [0, 0.05) is 29.6 Å². The molecule has 3 aromatic rings. The first kappa shape index (κ1) is 14.9. The van der Waals surface area contributed by atoms with Crippen molar-refractivity contribution in [1.82, 2.24) is 15.5 Å². The highest BCUT2D eigenvalue weighted by Gasteiger charge is 2.42. The van der Waals surface area contributed by atoms with Gasteiger partial charge in [0.25, 0.3) is 0 Å². The number of H-pyrrole nitrogens is 1. The van der Waals surface area contributed by atoms with Gasteiger partial charge in [-0.15, -0.1) is 0 Å². The second kappa shape index (κ2) is 5.85. The largest absolute Gasteiger partial charge is 0.312 e. The third kappa shape index (κ3) is 2.34. The Morgan fingerprint density at radius 1 is 1.00 bits per heavy atom. The molecule has 0 saturated heterocycles. The maximum atomic E-state index is 4.12. The molecule has 2 bridgehead atoms. The zero-order chi connectivity index (χ0) is 16.8. The standard InChI is InChI=1S/C22H23N3/c1-14-16(13-24-25-14)12-23-11-15-10-21-17-6-2-4-8-19(17)22(15)20-9-5-3-7-18(20)21/h2-9,13,15,21-23H,10-12H2,1H3,(H,24,25). The van der Waals surface area contributed by atoms with Crippen molar-refractivity contribution in [2.75, 3.05) is 6.54 Å². The van der Waals surface area contributed by atoms with Gasteiger partial charge in [-0.05, 0) is 48.1 Å². The Bertz CT molecular complexity index is 863. The zero-order valence-corrected chi connectivity index (χ0v) is 14.5. The second-order valence-corrected chi connectivity index (χ2v) is 7.44. The summed E-state index contributed by atoms with van der Waals surface area (Å²) < 4.78 is 0. The number of aromatic nitrogens is 2. The molecule has 126 valence electrons. The minimum Gasteiger partial charge on any atom is -0.312 e. The molecule has 1 atom stereocenters. The van der Waals surface area contributed by atoms with Crippen LogP contribution in [0.5, 0.6) is 0 Å². The summed E-state index contributed by atoms with van der Waals surface area (Å²) in [6.45, 7) is 4.02. The van der Waals surface area contributed by atoms with Gasteiger partial charge in [-0.3, -0.25) is 5.10 Å². The summed E-state index contributed by atoms with van der Waals surface area (Å²) in [5, 5.41) is 10.8. The monoisotopic (exact) mass is 329 g/mol. The van der Waals surface area contributed by atoms with Gasteiger partial charge in [0.1, 0.15) is 0 Å². The number of aromatic amines is 1. The van der Waals surface area contributed by atoms with E-state index < -0.39 is 0 Å². The van der Waals surface area contributed by atoms with E-state index in [0.29, 0.717) is 17.8 Å². The van der Waals surface area contributed by atoms with Crippen LogP contribution in [0.4, 0.5) is 0 Å². The first-order valence-electron chi connectivity index (χ1n) is 9.20. The van der Waals surface area contributed by atoms with E-state index in [-0.39, 0.29) is 0 Å². The molecule has 25 heavy (non-hydrogen) atoms. The summed E-state index contributed by atoms with van der Waals surface area (Å²) in [7, 11) is 0. The summed E-state index contributed by atoms with van der Waals surface area (Å²) in [4.78, 5) is 0. The smallest absolute Gasteiger partial charge is 0.0535 e. The highest BCUT2D eigenvalue weighted by molar-refractivity contribution is 5.55. The average Bonchev–Trinajstić information content (AvgIpc) is 3.07. The molecule has 3 aliphatic carbocycles. The van der Waals surface area contributed by atoms with Crippen LogP contribution in [-0.4, -0.2) is 16.7 Å². The first-order chi connectivity index (χ1) is 12.3. The normalized spacial score (nSPS) is 23.3. The molecule has 6 rings (SSSR count). The van der Waals surface area contributed by atoms with Crippen molar-refractivity contribution >= 4 is 0 Å². The van der Waals surface area contributed by atoms with Gasteiger partial charge in [-0.1, -0.05) is 48.5 Å². The molecule has 3 heteroatoms. The van der Waals surface area contributed by atoms with Crippen LogP contribution in [0.15, 0.2) is 54.7 Å². The lowest BCUT2D eigenvalue weighted by Gasteiger charge is -2.45. The van der Waals surface area contributed by atoms with Gasteiger partial charge < -0.3 is 5.32 Å². The number of rotatable bonds is 4. The van der Waals surface area contributed by atoms with E-state index in [0.717, 1.165) is 18.8 Å². The van der Waals surface area contributed by atoms with Gasteiger partial charge in [0.05, 0.1) is 6.20 Å². The SMILES string of the molecule is Cc1[nH]ncc1CNCC1CC2c3ccccc3C1c1ccccc12. The lowest BCUT2D eigenvalue weighted by molar-refractivity contribution is 0.339. The van der Waals surface area contributed by atoms with E-state index in [1.54, 1.807) is 22.3 Å². The molecular weight excluding hydrogens is 306 g/mol. The molecule has 0 spiro atoms. The van der Waals surface area contributed by atoms with Gasteiger partial charge in [-0.25, -0.2) is 0 Å². The molecule has 1 heterocycles. The van der Waals surface area contributed by atoms with Crippen LogP contribution in [0.2, 0.25) is 0 Å². The predicted octanol–water partition coefficient (Wildman–Crippen LogP) is 4.11. The number of nitrogens with zero attached hydrogens (tertiary/aromatic N) is 1. The number of fused-ring (bicyclic) bond motifs is 1. The van der Waals surface area contributed by atoms with Crippen molar-refractivity contribution < 1.29 is 0 Å². The van der Waals surface area contributed by atoms with Crippen molar-refractivity contribution in [2.24, 2.45) is 5.92 Å². The maximum Gasteiger partial charge on any atom is 0.0535 e. The number of nitrogens with one attached hydrogen (secondary N) is 2. The third-order valence-corrected chi connectivity index (χ3v) is 6.08. The molecule has 3 nitrogen and oxygen atoms in total. The van der Waals surface area contributed by atoms with Gasteiger partial charge in [0.15, 0.2) is 0 Å². The van der Waals surface area contributed by atoms with Crippen LogP contribution in [0.1, 0.15) is 51.8 Å². The third-order valence-electron chi connectivity index (χ3n) is 6.08. The van der Waals surface area contributed by atoms with Crippen molar-refractivity contribution in [3.63, 3.8) is 0 Å².